The van der Waals surface area contributed by atoms with Crippen LogP contribution in [-0.2, 0) is 21.1 Å². The summed E-state index contributed by atoms with van der Waals surface area (Å²) in [6, 6.07) is 0. The van der Waals surface area contributed by atoms with Crippen molar-refractivity contribution in [1.82, 2.24) is 0 Å². The average Bonchev–Trinajstić information content (AvgIpc) is 2.46. The van der Waals surface area contributed by atoms with Crippen molar-refractivity contribution >= 4 is 8.07 Å². The Kier molecular flexibility index (Phi) is 18.7. The summed E-state index contributed by atoms with van der Waals surface area (Å²) >= 11 is 0. The number of nitrogens with zero attached hydrogens (tertiary/aromatic N) is 1. The molecular formula is C19H42NOSiW-3. The second-order valence-electron chi connectivity index (χ2n) is 9.42. The summed E-state index contributed by atoms with van der Waals surface area (Å²) in [7, 11) is -0.861. The molecule has 1 rings (SSSR count). The van der Waals surface area contributed by atoms with Crippen LogP contribution in [0.3, 0.4) is 0 Å². The van der Waals surface area contributed by atoms with E-state index in [1.165, 1.54) is 0 Å². The molecule has 4 heteroatoms. The van der Waals surface area contributed by atoms with E-state index in [0.717, 1.165) is 29.6 Å². The Morgan fingerprint density at radius 2 is 0.783 bits per heavy atom. The summed E-state index contributed by atoms with van der Waals surface area (Å²) in [5, 5.41) is 0. The summed E-state index contributed by atoms with van der Waals surface area (Å²) in [4.78, 5) is 7.25. The molecule has 2 nitrogen and oxygen atoms in total. The van der Waals surface area contributed by atoms with Crippen LogP contribution in [0.1, 0.15) is 55.4 Å². The van der Waals surface area contributed by atoms with Crippen LogP contribution in [0.4, 0.5) is 0 Å². The SMILES string of the molecule is CC1C(C)C(C)C(C)C1C.[CH2-]C(C)(C)C.[CH2-][Si](C)(C)C.[N-]=O.[W]. The van der Waals surface area contributed by atoms with Gasteiger partial charge in [0.1, 0.15) is 0 Å². The molecule has 1 saturated carbocycles. The van der Waals surface area contributed by atoms with Gasteiger partial charge in [0.05, 0.1) is 0 Å². The first-order valence-corrected chi connectivity index (χ1v) is 12.2. The van der Waals surface area contributed by atoms with Crippen LogP contribution in [0.5, 0.6) is 0 Å². The molecule has 1 aliphatic rings. The fraction of sp³-hybridized carbons (Fsp3) is 0.895. The van der Waals surface area contributed by atoms with E-state index in [2.05, 4.69) is 88.5 Å². The van der Waals surface area contributed by atoms with Gasteiger partial charge in [-0.15, -0.1) is 8.07 Å². The molecule has 0 aromatic heterocycles. The van der Waals surface area contributed by atoms with E-state index in [4.69, 9.17) is 10.5 Å². The topological polar surface area (TPSA) is 39.4 Å². The van der Waals surface area contributed by atoms with Crippen molar-refractivity contribution in [2.45, 2.75) is 75.0 Å². The second-order valence-corrected chi connectivity index (χ2v) is 14.5. The van der Waals surface area contributed by atoms with Gasteiger partial charge in [-0.2, -0.15) is 5.41 Å². The van der Waals surface area contributed by atoms with E-state index >= 15 is 0 Å². The van der Waals surface area contributed by atoms with Crippen LogP contribution >= 0.6 is 0 Å². The van der Waals surface area contributed by atoms with Crippen molar-refractivity contribution in [3.63, 3.8) is 0 Å². The fourth-order valence-electron chi connectivity index (χ4n) is 2.39. The number of nitroso groups, excluding NO2 is 1. The van der Waals surface area contributed by atoms with Crippen LogP contribution in [0.2, 0.25) is 19.6 Å². The first kappa shape index (κ1) is 31.3. The summed E-state index contributed by atoms with van der Waals surface area (Å²) < 4.78 is 0. The van der Waals surface area contributed by atoms with Gasteiger partial charge in [-0.1, -0.05) is 75.0 Å². The molecule has 142 valence electrons. The second kappa shape index (κ2) is 13.8. The van der Waals surface area contributed by atoms with E-state index in [-0.39, 0.29) is 26.5 Å². The monoisotopic (exact) mass is 512 g/mol. The molecule has 0 bridgehead atoms. The predicted octanol–water partition coefficient (Wildman–Crippen LogP) is 7.06. The van der Waals surface area contributed by atoms with Crippen LogP contribution in [0.25, 0.3) is 5.59 Å². The van der Waals surface area contributed by atoms with Crippen molar-refractivity contribution in [3.8, 4) is 0 Å². The molecule has 0 aliphatic heterocycles. The van der Waals surface area contributed by atoms with Crippen LogP contribution < -0.4 is 0 Å². The maximum Gasteiger partial charge on any atom is 0 e. The third-order valence-electron chi connectivity index (χ3n) is 4.15. The summed E-state index contributed by atoms with van der Waals surface area (Å²) in [6.45, 7) is 32.5. The molecule has 23 heavy (non-hydrogen) atoms. The van der Waals surface area contributed by atoms with Crippen molar-refractivity contribution < 1.29 is 21.1 Å². The van der Waals surface area contributed by atoms with Gasteiger partial charge in [0.15, 0.2) is 0 Å². The molecule has 0 amide bonds. The van der Waals surface area contributed by atoms with E-state index < -0.39 is 8.07 Å². The molecule has 0 atom stereocenters. The maximum atomic E-state index is 7.25. The average molecular weight is 512 g/mol. The third kappa shape index (κ3) is 22.5. The molecule has 1 fully saturated rings. The molecule has 0 aromatic carbocycles. The number of hydrogen-bond acceptors (Lipinski definition) is 1. The van der Waals surface area contributed by atoms with Gasteiger partial charge >= 0.3 is 0 Å². The Balaban J connectivity index is -0.000000120. The third-order valence-corrected chi connectivity index (χ3v) is 4.15. The quantitative estimate of drug-likeness (QED) is 0.253. The van der Waals surface area contributed by atoms with E-state index in [1.807, 2.05) is 0 Å². The molecule has 0 heterocycles. The zero-order valence-corrected chi connectivity index (χ0v) is 21.5. The molecule has 1 aliphatic carbocycles. The largest absolute Gasteiger partial charge is 0.577 e. The molecule has 0 radical (unpaired) electrons. The van der Waals surface area contributed by atoms with Crippen LogP contribution in [0, 0.1) is 53.4 Å². The van der Waals surface area contributed by atoms with Gasteiger partial charge in [-0.25, -0.2) is 0 Å². The first-order chi connectivity index (χ1) is 9.55. The number of rotatable bonds is 0. The standard InChI is InChI=1S/C10H20.C5H11.C4H11Si.NO.W/c1-6-7(2)9(4)10(5)8(6)3;2*1-5(2,3)4;1-2;/h6-10H,1-5H3;2*1H2,2-4H3;;/q;3*-1;. The fourth-order valence-corrected chi connectivity index (χ4v) is 2.39. The molecular weight excluding hydrogens is 470 g/mol. The summed E-state index contributed by atoms with van der Waals surface area (Å²) in [5.41, 5.74) is 6.00. The summed E-state index contributed by atoms with van der Waals surface area (Å²) in [6.07, 6.45) is 0. The Morgan fingerprint density at radius 3 is 0.826 bits per heavy atom. The Labute approximate surface area is 163 Å². The van der Waals surface area contributed by atoms with Crippen molar-refractivity contribution in [2.75, 3.05) is 0 Å². The van der Waals surface area contributed by atoms with E-state index in [1.54, 1.807) is 0 Å². The zero-order chi connectivity index (χ0) is 18.9. The van der Waals surface area contributed by atoms with Gasteiger partial charge in [-0.3, -0.25) is 0 Å². The minimum Gasteiger partial charge on any atom is -0.577 e. The van der Waals surface area contributed by atoms with Gasteiger partial charge in [0.25, 0.3) is 0 Å². The van der Waals surface area contributed by atoms with Gasteiger partial charge in [0, 0.05) is 21.1 Å². The van der Waals surface area contributed by atoms with E-state index in [0.29, 0.717) is 0 Å². The molecule has 0 spiro atoms. The predicted molar refractivity (Wildman–Crippen MR) is 106 cm³/mol. The molecule has 0 N–H and O–H groups in total. The normalized spacial score (nSPS) is 29.5. The maximum absolute atomic E-state index is 7.25. The molecule has 0 aromatic rings. The zero-order valence-electron chi connectivity index (χ0n) is 17.6. The minimum atomic E-state index is -0.861. The number of hydrogen-bond donors (Lipinski definition) is 0. The molecule has 0 unspecified atom stereocenters. The molecule has 0 saturated heterocycles. The van der Waals surface area contributed by atoms with Gasteiger partial charge in [0.2, 0.25) is 0 Å². The van der Waals surface area contributed by atoms with Crippen molar-refractivity contribution in [1.29, 1.82) is 0 Å². The van der Waals surface area contributed by atoms with Crippen LogP contribution in [0.15, 0.2) is 0 Å². The minimum absolute atomic E-state index is 0. The van der Waals surface area contributed by atoms with Crippen molar-refractivity contribution in [2.24, 2.45) is 35.0 Å². The van der Waals surface area contributed by atoms with Crippen molar-refractivity contribution in [3.05, 3.63) is 24.0 Å². The smallest absolute Gasteiger partial charge is 0 e. The van der Waals surface area contributed by atoms with E-state index in [9.17, 15) is 0 Å². The Morgan fingerprint density at radius 1 is 0.739 bits per heavy atom. The van der Waals surface area contributed by atoms with Gasteiger partial charge < -0.3 is 24.0 Å². The Bertz CT molecular complexity index is 205. The van der Waals surface area contributed by atoms with Crippen LogP contribution in [-0.4, -0.2) is 8.07 Å². The first-order valence-electron chi connectivity index (χ1n) is 8.44. The Hall–Kier alpha value is 0.505. The van der Waals surface area contributed by atoms with Gasteiger partial charge in [-0.05, 0) is 29.6 Å². The summed E-state index contributed by atoms with van der Waals surface area (Å²) in [5.74, 6) is 4.68.